The molecular formula is C17H28N4O2S. The van der Waals surface area contributed by atoms with Gasteiger partial charge in [-0.2, -0.15) is 4.31 Å². The van der Waals surface area contributed by atoms with Crippen LogP contribution in [0.1, 0.15) is 32.3 Å². The Morgan fingerprint density at radius 3 is 2.33 bits per heavy atom. The van der Waals surface area contributed by atoms with Crippen molar-refractivity contribution in [3.63, 3.8) is 0 Å². The molecule has 0 bridgehead atoms. The zero-order chi connectivity index (χ0) is 17.6. The lowest BCUT2D eigenvalue weighted by atomic mass is 10.2. The van der Waals surface area contributed by atoms with E-state index in [4.69, 9.17) is 0 Å². The van der Waals surface area contributed by atoms with Crippen molar-refractivity contribution in [2.24, 2.45) is 10.9 Å². The van der Waals surface area contributed by atoms with Crippen molar-refractivity contribution in [2.75, 3.05) is 26.7 Å². The SMILES string of the molecule is CN=C(NCc1ccc(S(=O)(=O)N2CCCC2)cc1)NCC(C)C. The Morgan fingerprint density at radius 2 is 1.79 bits per heavy atom. The molecule has 0 radical (unpaired) electrons. The van der Waals surface area contributed by atoms with E-state index in [0.29, 0.717) is 30.4 Å². The standard InChI is InChI=1S/C17H28N4O2S/c1-14(2)12-19-17(18-3)20-13-15-6-8-16(9-7-15)24(22,23)21-10-4-5-11-21/h6-9,14H,4-5,10-13H2,1-3H3,(H2,18,19,20). The van der Waals surface area contributed by atoms with Gasteiger partial charge in [-0.15, -0.1) is 0 Å². The second-order valence-electron chi connectivity index (χ2n) is 6.46. The van der Waals surface area contributed by atoms with Gasteiger partial charge in [0.25, 0.3) is 0 Å². The molecular weight excluding hydrogens is 324 g/mol. The maximum Gasteiger partial charge on any atom is 0.243 e. The summed E-state index contributed by atoms with van der Waals surface area (Å²) >= 11 is 0. The number of benzene rings is 1. The van der Waals surface area contributed by atoms with Crippen LogP contribution in [-0.2, 0) is 16.6 Å². The highest BCUT2D eigenvalue weighted by atomic mass is 32.2. The fraction of sp³-hybridized carbons (Fsp3) is 0.588. The smallest absolute Gasteiger partial charge is 0.243 e. The molecule has 0 saturated carbocycles. The molecule has 1 aliphatic heterocycles. The zero-order valence-corrected chi connectivity index (χ0v) is 15.6. The highest BCUT2D eigenvalue weighted by Crippen LogP contribution is 2.20. The van der Waals surface area contributed by atoms with Gasteiger partial charge in [0.1, 0.15) is 0 Å². The van der Waals surface area contributed by atoms with Crippen molar-refractivity contribution in [1.29, 1.82) is 0 Å². The van der Waals surface area contributed by atoms with Gasteiger partial charge in [-0.05, 0) is 36.5 Å². The molecule has 1 fully saturated rings. The van der Waals surface area contributed by atoms with Crippen LogP contribution in [0.25, 0.3) is 0 Å². The highest BCUT2D eigenvalue weighted by molar-refractivity contribution is 7.89. The summed E-state index contributed by atoms with van der Waals surface area (Å²) in [5, 5.41) is 6.48. The Bertz CT molecular complexity index is 648. The predicted molar refractivity (Wildman–Crippen MR) is 97.5 cm³/mol. The third-order valence-electron chi connectivity index (χ3n) is 3.99. The van der Waals surface area contributed by atoms with E-state index in [1.54, 1.807) is 23.5 Å². The molecule has 0 unspecified atom stereocenters. The number of rotatable bonds is 6. The number of nitrogens with zero attached hydrogens (tertiary/aromatic N) is 2. The van der Waals surface area contributed by atoms with Gasteiger partial charge in [0.15, 0.2) is 5.96 Å². The van der Waals surface area contributed by atoms with E-state index in [1.807, 2.05) is 12.1 Å². The first-order valence-corrected chi connectivity index (χ1v) is 9.91. The fourth-order valence-electron chi connectivity index (χ4n) is 2.56. The summed E-state index contributed by atoms with van der Waals surface area (Å²) in [5.74, 6) is 1.29. The average molecular weight is 353 g/mol. The topological polar surface area (TPSA) is 73.8 Å². The summed E-state index contributed by atoms with van der Waals surface area (Å²) in [4.78, 5) is 4.55. The molecule has 24 heavy (non-hydrogen) atoms. The lowest BCUT2D eigenvalue weighted by Crippen LogP contribution is -2.38. The van der Waals surface area contributed by atoms with Crippen LogP contribution in [0.2, 0.25) is 0 Å². The lowest BCUT2D eigenvalue weighted by Gasteiger charge is -2.16. The van der Waals surface area contributed by atoms with Gasteiger partial charge in [0, 0.05) is 33.2 Å². The van der Waals surface area contributed by atoms with Crippen molar-refractivity contribution in [1.82, 2.24) is 14.9 Å². The van der Waals surface area contributed by atoms with Gasteiger partial charge in [0.2, 0.25) is 10.0 Å². The van der Waals surface area contributed by atoms with Crippen molar-refractivity contribution in [2.45, 2.75) is 38.1 Å². The van der Waals surface area contributed by atoms with Crippen molar-refractivity contribution in [3.05, 3.63) is 29.8 Å². The Kier molecular flexibility index (Phi) is 6.62. The number of hydrogen-bond donors (Lipinski definition) is 2. The van der Waals surface area contributed by atoms with Crippen LogP contribution < -0.4 is 10.6 Å². The molecule has 1 saturated heterocycles. The maximum absolute atomic E-state index is 12.5. The van der Waals surface area contributed by atoms with E-state index in [-0.39, 0.29) is 0 Å². The van der Waals surface area contributed by atoms with Crippen LogP contribution in [0.4, 0.5) is 0 Å². The molecule has 0 aromatic heterocycles. The summed E-state index contributed by atoms with van der Waals surface area (Å²) < 4.78 is 26.5. The maximum atomic E-state index is 12.5. The minimum absolute atomic E-state index is 0.371. The average Bonchev–Trinajstić information content (AvgIpc) is 3.10. The second kappa shape index (κ2) is 8.48. The van der Waals surface area contributed by atoms with Crippen molar-refractivity contribution < 1.29 is 8.42 Å². The van der Waals surface area contributed by atoms with Crippen LogP contribution in [0.5, 0.6) is 0 Å². The van der Waals surface area contributed by atoms with E-state index in [2.05, 4.69) is 29.5 Å². The molecule has 0 spiro atoms. The van der Waals surface area contributed by atoms with E-state index in [9.17, 15) is 8.42 Å². The molecule has 1 aliphatic rings. The minimum Gasteiger partial charge on any atom is -0.356 e. The largest absolute Gasteiger partial charge is 0.356 e. The van der Waals surface area contributed by atoms with Gasteiger partial charge < -0.3 is 10.6 Å². The first kappa shape index (κ1) is 18.7. The molecule has 1 aromatic rings. The Hall–Kier alpha value is -1.60. The van der Waals surface area contributed by atoms with Gasteiger partial charge >= 0.3 is 0 Å². The Morgan fingerprint density at radius 1 is 1.17 bits per heavy atom. The summed E-state index contributed by atoms with van der Waals surface area (Å²) in [6.45, 7) is 6.99. The molecule has 7 heteroatoms. The lowest BCUT2D eigenvalue weighted by molar-refractivity contribution is 0.477. The van der Waals surface area contributed by atoms with E-state index in [1.165, 1.54) is 0 Å². The molecule has 0 aliphatic carbocycles. The van der Waals surface area contributed by atoms with Crippen LogP contribution in [0.3, 0.4) is 0 Å². The zero-order valence-electron chi connectivity index (χ0n) is 14.7. The van der Waals surface area contributed by atoms with Crippen LogP contribution in [0, 0.1) is 5.92 Å². The third-order valence-corrected chi connectivity index (χ3v) is 5.90. The molecule has 2 rings (SSSR count). The first-order chi connectivity index (χ1) is 11.4. The van der Waals surface area contributed by atoms with E-state index < -0.39 is 10.0 Å². The number of hydrogen-bond acceptors (Lipinski definition) is 3. The molecule has 0 amide bonds. The number of nitrogens with one attached hydrogen (secondary N) is 2. The molecule has 0 atom stereocenters. The summed E-state index contributed by atoms with van der Waals surface area (Å²) in [7, 11) is -1.60. The minimum atomic E-state index is -3.33. The van der Waals surface area contributed by atoms with Gasteiger partial charge in [-0.25, -0.2) is 8.42 Å². The summed E-state index contributed by atoms with van der Waals surface area (Å²) in [6.07, 6.45) is 1.90. The predicted octanol–water partition coefficient (Wildman–Crippen LogP) is 1.79. The van der Waals surface area contributed by atoms with Crippen LogP contribution >= 0.6 is 0 Å². The summed E-state index contributed by atoms with van der Waals surface area (Å²) in [5.41, 5.74) is 1.02. The molecule has 6 nitrogen and oxygen atoms in total. The monoisotopic (exact) mass is 352 g/mol. The van der Waals surface area contributed by atoms with Crippen LogP contribution in [0.15, 0.2) is 34.2 Å². The molecule has 2 N–H and O–H groups in total. The first-order valence-electron chi connectivity index (χ1n) is 8.47. The van der Waals surface area contributed by atoms with E-state index >= 15 is 0 Å². The Balaban J connectivity index is 1.94. The number of guanidine groups is 1. The van der Waals surface area contributed by atoms with Crippen molar-refractivity contribution in [3.8, 4) is 0 Å². The fourth-order valence-corrected chi connectivity index (χ4v) is 4.08. The number of aliphatic imine (C=N–C) groups is 1. The molecule has 1 aromatic carbocycles. The third kappa shape index (κ3) is 4.95. The van der Waals surface area contributed by atoms with E-state index in [0.717, 1.165) is 30.9 Å². The molecule has 1 heterocycles. The Labute approximate surface area is 145 Å². The highest BCUT2D eigenvalue weighted by Gasteiger charge is 2.26. The quantitative estimate of drug-likeness (QED) is 0.605. The van der Waals surface area contributed by atoms with Crippen LogP contribution in [-0.4, -0.2) is 45.4 Å². The van der Waals surface area contributed by atoms with Crippen molar-refractivity contribution >= 4 is 16.0 Å². The van der Waals surface area contributed by atoms with Gasteiger partial charge in [-0.1, -0.05) is 26.0 Å². The molecule has 134 valence electrons. The van der Waals surface area contributed by atoms with Gasteiger partial charge in [0.05, 0.1) is 4.90 Å². The second-order valence-corrected chi connectivity index (χ2v) is 8.39. The normalized spacial score (nSPS) is 16.6. The van der Waals surface area contributed by atoms with Gasteiger partial charge in [-0.3, -0.25) is 4.99 Å². The summed E-state index contributed by atoms with van der Waals surface area (Å²) in [6, 6.07) is 7.08. The number of sulfonamides is 1.